The number of rotatable bonds is 6. The number of nitrogens with zero attached hydrogens (tertiary/aromatic N) is 1. The lowest BCUT2D eigenvalue weighted by molar-refractivity contribution is -0.126. The van der Waals surface area contributed by atoms with Gasteiger partial charge in [-0.3, -0.25) is 4.79 Å². The van der Waals surface area contributed by atoms with Crippen molar-refractivity contribution >= 4 is 5.91 Å². The van der Waals surface area contributed by atoms with Gasteiger partial charge in [-0.2, -0.15) is 0 Å². The van der Waals surface area contributed by atoms with Crippen LogP contribution >= 0.6 is 0 Å². The first kappa shape index (κ1) is 12.2. The highest BCUT2D eigenvalue weighted by molar-refractivity contribution is 5.87. The maximum absolute atomic E-state index is 11.4. The standard InChI is InChI=1S/C10H19NO2/c1-4-7-10(12)11(5-2)8-9-13-6-3/h4,7H,5-6,8-9H2,1-3H3. The fourth-order valence-corrected chi connectivity index (χ4v) is 0.991. The quantitative estimate of drug-likeness (QED) is 0.463. The number of amides is 1. The summed E-state index contributed by atoms with van der Waals surface area (Å²) in [6, 6.07) is 0. The number of ether oxygens (including phenoxy) is 1. The molecule has 0 N–H and O–H groups in total. The van der Waals surface area contributed by atoms with Crippen molar-refractivity contribution in [1.82, 2.24) is 4.90 Å². The van der Waals surface area contributed by atoms with E-state index in [4.69, 9.17) is 4.74 Å². The molecule has 0 aliphatic heterocycles. The van der Waals surface area contributed by atoms with Crippen LogP contribution in [0.3, 0.4) is 0 Å². The SMILES string of the molecule is CC=CC(=O)N(CC)CCOCC. The van der Waals surface area contributed by atoms with Crippen molar-refractivity contribution < 1.29 is 9.53 Å². The van der Waals surface area contributed by atoms with Crippen molar-refractivity contribution in [3.63, 3.8) is 0 Å². The number of allylic oxidation sites excluding steroid dienone is 1. The van der Waals surface area contributed by atoms with E-state index in [0.29, 0.717) is 19.8 Å². The Hall–Kier alpha value is -0.830. The van der Waals surface area contributed by atoms with Gasteiger partial charge in [0.2, 0.25) is 5.91 Å². The molecule has 0 unspecified atom stereocenters. The van der Waals surface area contributed by atoms with E-state index in [2.05, 4.69) is 0 Å². The monoisotopic (exact) mass is 185 g/mol. The van der Waals surface area contributed by atoms with Crippen molar-refractivity contribution in [2.45, 2.75) is 20.8 Å². The van der Waals surface area contributed by atoms with Crippen molar-refractivity contribution in [3.8, 4) is 0 Å². The topological polar surface area (TPSA) is 29.5 Å². The van der Waals surface area contributed by atoms with Crippen molar-refractivity contribution in [3.05, 3.63) is 12.2 Å². The van der Waals surface area contributed by atoms with Gasteiger partial charge in [-0.25, -0.2) is 0 Å². The minimum absolute atomic E-state index is 0.0599. The van der Waals surface area contributed by atoms with Gasteiger partial charge in [-0.05, 0) is 26.8 Å². The van der Waals surface area contributed by atoms with Gasteiger partial charge in [0.05, 0.1) is 6.61 Å². The molecule has 3 heteroatoms. The van der Waals surface area contributed by atoms with Crippen LogP contribution in [0.15, 0.2) is 12.2 Å². The molecule has 0 radical (unpaired) electrons. The summed E-state index contributed by atoms with van der Waals surface area (Å²) in [6.45, 7) is 8.48. The van der Waals surface area contributed by atoms with Crippen molar-refractivity contribution in [2.24, 2.45) is 0 Å². The highest BCUT2D eigenvalue weighted by atomic mass is 16.5. The maximum Gasteiger partial charge on any atom is 0.246 e. The average molecular weight is 185 g/mol. The lowest BCUT2D eigenvalue weighted by Crippen LogP contribution is -2.32. The first-order valence-electron chi connectivity index (χ1n) is 4.75. The number of carbonyl (C=O) groups is 1. The van der Waals surface area contributed by atoms with E-state index in [9.17, 15) is 4.79 Å². The molecule has 0 atom stereocenters. The number of likely N-dealkylation sites (N-methyl/N-ethyl adjacent to an activating group) is 1. The van der Waals surface area contributed by atoms with Crippen LogP contribution in [-0.4, -0.2) is 37.1 Å². The van der Waals surface area contributed by atoms with Crippen LogP contribution in [0, 0.1) is 0 Å². The summed E-state index contributed by atoms with van der Waals surface area (Å²) in [7, 11) is 0. The highest BCUT2D eigenvalue weighted by Crippen LogP contribution is 1.91. The summed E-state index contributed by atoms with van der Waals surface area (Å²) < 4.78 is 5.18. The first-order chi connectivity index (χ1) is 6.26. The van der Waals surface area contributed by atoms with E-state index in [1.165, 1.54) is 0 Å². The molecule has 13 heavy (non-hydrogen) atoms. The first-order valence-corrected chi connectivity index (χ1v) is 4.75. The predicted molar refractivity (Wildman–Crippen MR) is 53.6 cm³/mol. The molecule has 0 aliphatic rings. The predicted octanol–water partition coefficient (Wildman–Crippen LogP) is 1.45. The molecular weight excluding hydrogens is 166 g/mol. The van der Waals surface area contributed by atoms with Gasteiger partial charge in [-0.15, -0.1) is 0 Å². The summed E-state index contributed by atoms with van der Waals surface area (Å²) in [5.41, 5.74) is 0. The van der Waals surface area contributed by atoms with E-state index < -0.39 is 0 Å². The summed E-state index contributed by atoms with van der Waals surface area (Å²) in [6.07, 6.45) is 3.33. The molecule has 0 aromatic heterocycles. The summed E-state index contributed by atoms with van der Waals surface area (Å²) >= 11 is 0. The van der Waals surface area contributed by atoms with Crippen LogP contribution in [0.2, 0.25) is 0 Å². The van der Waals surface area contributed by atoms with E-state index in [1.807, 2.05) is 20.8 Å². The molecule has 0 fully saturated rings. The number of hydrogen-bond donors (Lipinski definition) is 0. The molecule has 3 nitrogen and oxygen atoms in total. The summed E-state index contributed by atoms with van der Waals surface area (Å²) in [4.78, 5) is 13.1. The van der Waals surface area contributed by atoms with Crippen LogP contribution in [-0.2, 0) is 9.53 Å². The zero-order valence-electron chi connectivity index (χ0n) is 8.75. The Balaban J connectivity index is 3.80. The lowest BCUT2D eigenvalue weighted by Gasteiger charge is -2.18. The molecular formula is C10H19NO2. The van der Waals surface area contributed by atoms with Gasteiger partial charge in [0.25, 0.3) is 0 Å². The van der Waals surface area contributed by atoms with Crippen molar-refractivity contribution in [1.29, 1.82) is 0 Å². The Bertz CT molecular complexity index is 166. The summed E-state index contributed by atoms with van der Waals surface area (Å²) in [5, 5.41) is 0. The Morgan fingerprint density at radius 1 is 1.46 bits per heavy atom. The zero-order chi connectivity index (χ0) is 10.1. The third-order valence-electron chi connectivity index (χ3n) is 1.71. The molecule has 0 saturated carbocycles. The molecule has 0 bridgehead atoms. The van der Waals surface area contributed by atoms with Gasteiger partial charge in [-0.1, -0.05) is 6.08 Å². The van der Waals surface area contributed by atoms with E-state index in [-0.39, 0.29) is 5.91 Å². The van der Waals surface area contributed by atoms with Crippen LogP contribution in [0.25, 0.3) is 0 Å². The molecule has 76 valence electrons. The van der Waals surface area contributed by atoms with Gasteiger partial charge in [0.15, 0.2) is 0 Å². The highest BCUT2D eigenvalue weighted by Gasteiger charge is 2.06. The van der Waals surface area contributed by atoms with Crippen molar-refractivity contribution in [2.75, 3.05) is 26.3 Å². The fraction of sp³-hybridized carbons (Fsp3) is 0.700. The molecule has 0 aliphatic carbocycles. The fourth-order valence-electron chi connectivity index (χ4n) is 0.991. The van der Waals surface area contributed by atoms with Crippen LogP contribution in [0.1, 0.15) is 20.8 Å². The Morgan fingerprint density at radius 3 is 2.62 bits per heavy atom. The van der Waals surface area contributed by atoms with Gasteiger partial charge >= 0.3 is 0 Å². The van der Waals surface area contributed by atoms with Crippen LogP contribution in [0.5, 0.6) is 0 Å². The lowest BCUT2D eigenvalue weighted by atomic mass is 10.4. The largest absolute Gasteiger partial charge is 0.380 e. The average Bonchev–Trinajstić information content (AvgIpc) is 2.13. The molecule has 0 saturated heterocycles. The number of hydrogen-bond acceptors (Lipinski definition) is 2. The Kier molecular flexibility index (Phi) is 7.30. The third-order valence-corrected chi connectivity index (χ3v) is 1.71. The van der Waals surface area contributed by atoms with E-state index >= 15 is 0 Å². The van der Waals surface area contributed by atoms with Gasteiger partial charge < -0.3 is 9.64 Å². The van der Waals surface area contributed by atoms with E-state index in [0.717, 1.165) is 6.54 Å². The van der Waals surface area contributed by atoms with Crippen LogP contribution < -0.4 is 0 Å². The Morgan fingerprint density at radius 2 is 2.15 bits per heavy atom. The number of carbonyl (C=O) groups excluding carboxylic acids is 1. The minimum Gasteiger partial charge on any atom is -0.380 e. The Labute approximate surface area is 80.4 Å². The normalized spacial score (nSPS) is 10.7. The smallest absolute Gasteiger partial charge is 0.246 e. The summed E-state index contributed by atoms with van der Waals surface area (Å²) in [5.74, 6) is 0.0599. The second kappa shape index (κ2) is 7.80. The minimum atomic E-state index is 0.0599. The molecule has 1 amide bonds. The molecule has 0 aromatic carbocycles. The molecule has 0 rings (SSSR count). The maximum atomic E-state index is 11.4. The van der Waals surface area contributed by atoms with E-state index in [1.54, 1.807) is 17.1 Å². The molecule has 0 aromatic rings. The van der Waals surface area contributed by atoms with Crippen LogP contribution in [0.4, 0.5) is 0 Å². The van der Waals surface area contributed by atoms with Gasteiger partial charge in [0.1, 0.15) is 0 Å². The second-order valence-corrected chi connectivity index (χ2v) is 2.61. The second-order valence-electron chi connectivity index (χ2n) is 2.61. The third kappa shape index (κ3) is 5.42. The zero-order valence-corrected chi connectivity index (χ0v) is 8.75. The molecule has 0 heterocycles. The van der Waals surface area contributed by atoms with Gasteiger partial charge in [0, 0.05) is 19.7 Å². The molecule has 0 spiro atoms.